The minimum absolute atomic E-state index is 0.00640. The van der Waals surface area contributed by atoms with Crippen LogP contribution in [0.3, 0.4) is 0 Å². The van der Waals surface area contributed by atoms with E-state index in [1.165, 1.54) is 18.2 Å². The number of carbonyl (C=O) groups is 1. The Morgan fingerprint density at radius 1 is 1.12 bits per heavy atom. The summed E-state index contributed by atoms with van der Waals surface area (Å²) in [5.74, 6) is 0.466. The number of benzene rings is 1. The van der Waals surface area contributed by atoms with Crippen LogP contribution in [0.2, 0.25) is 0 Å². The second kappa shape index (κ2) is 10.9. The van der Waals surface area contributed by atoms with Crippen molar-refractivity contribution in [3.05, 3.63) is 71.5 Å². The maximum Gasteiger partial charge on any atom is 0.266 e. The van der Waals surface area contributed by atoms with Gasteiger partial charge < -0.3 is 0 Å². The molecule has 1 aliphatic rings. The summed E-state index contributed by atoms with van der Waals surface area (Å²) < 4.78 is 2.49. The first-order valence-corrected chi connectivity index (χ1v) is 12.6. The summed E-state index contributed by atoms with van der Waals surface area (Å²) >= 11 is 6.98. The number of pyridine rings is 1. The predicted octanol–water partition coefficient (Wildman–Crippen LogP) is 6.35. The number of amides is 1. The van der Waals surface area contributed by atoms with Crippen molar-refractivity contribution in [1.82, 2.24) is 19.7 Å². The van der Waals surface area contributed by atoms with Crippen LogP contribution in [0.4, 0.5) is 0 Å². The van der Waals surface area contributed by atoms with Gasteiger partial charge in [-0.25, -0.2) is 4.68 Å². The van der Waals surface area contributed by atoms with Crippen LogP contribution in [0.15, 0.2) is 66.0 Å². The molecule has 1 aromatic carbocycles. The van der Waals surface area contributed by atoms with E-state index in [4.69, 9.17) is 17.3 Å². The lowest BCUT2D eigenvalue weighted by Gasteiger charge is -2.21. The number of hydrogen-bond acceptors (Lipinski definition) is 5. The van der Waals surface area contributed by atoms with Crippen molar-refractivity contribution < 1.29 is 4.79 Å². The Hall–Kier alpha value is -2.77. The zero-order valence-corrected chi connectivity index (χ0v) is 20.6. The van der Waals surface area contributed by atoms with Crippen molar-refractivity contribution in [2.24, 2.45) is 5.92 Å². The molecule has 0 bridgehead atoms. The Morgan fingerprint density at radius 2 is 1.88 bits per heavy atom. The van der Waals surface area contributed by atoms with E-state index in [2.05, 4.69) is 18.8 Å². The number of carbonyl (C=O) groups excluding carboxylic acids is 1. The van der Waals surface area contributed by atoms with E-state index >= 15 is 0 Å². The van der Waals surface area contributed by atoms with Crippen LogP contribution < -0.4 is 0 Å². The van der Waals surface area contributed by atoms with Gasteiger partial charge in [-0.05, 0) is 42.7 Å². The molecule has 1 saturated heterocycles. The Bertz CT molecular complexity index is 1140. The van der Waals surface area contributed by atoms with Crippen LogP contribution in [-0.4, -0.2) is 36.4 Å². The van der Waals surface area contributed by atoms with Gasteiger partial charge in [-0.15, -0.1) is 0 Å². The molecular formula is C26H28N4OS2. The van der Waals surface area contributed by atoms with Gasteiger partial charge in [0.15, 0.2) is 0 Å². The number of para-hydroxylation sites is 1. The Labute approximate surface area is 204 Å². The standard InChI is InChI=1S/C26H28N4OS2/c1-3-5-9-19(4-2)17-29-25(31)23(33-26(29)32)16-21-18-30(22-10-7-6-8-11-22)28-24(21)20-12-14-27-15-13-20/h6-8,10-16,18-19H,3-5,9,17H2,1-2H3. The van der Waals surface area contributed by atoms with E-state index in [0.29, 0.717) is 21.7 Å². The summed E-state index contributed by atoms with van der Waals surface area (Å²) in [6.07, 6.45) is 11.9. The van der Waals surface area contributed by atoms with Gasteiger partial charge in [0, 0.05) is 36.3 Å². The fraction of sp³-hybridized carbons (Fsp3) is 0.308. The number of aromatic nitrogens is 3. The Balaban J connectivity index is 1.66. The predicted molar refractivity (Wildman–Crippen MR) is 140 cm³/mol. The summed E-state index contributed by atoms with van der Waals surface area (Å²) in [5, 5.41) is 4.83. The molecule has 0 saturated carbocycles. The fourth-order valence-corrected chi connectivity index (χ4v) is 5.18. The van der Waals surface area contributed by atoms with Gasteiger partial charge in [-0.2, -0.15) is 5.10 Å². The quantitative estimate of drug-likeness (QED) is 0.266. The topological polar surface area (TPSA) is 51.0 Å². The summed E-state index contributed by atoms with van der Waals surface area (Å²) in [6, 6.07) is 13.8. The summed E-state index contributed by atoms with van der Waals surface area (Å²) in [7, 11) is 0. The molecule has 7 heteroatoms. The molecule has 0 N–H and O–H groups in total. The highest BCUT2D eigenvalue weighted by atomic mass is 32.2. The van der Waals surface area contributed by atoms with Gasteiger partial charge in [0.2, 0.25) is 0 Å². The van der Waals surface area contributed by atoms with Crippen molar-refractivity contribution in [3.8, 4) is 16.9 Å². The third-order valence-electron chi connectivity index (χ3n) is 5.86. The van der Waals surface area contributed by atoms with Gasteiger partial charge in [-0.1, -0.05) is 75.3 Å². The molecule has 1 aliphatic heterocycles. The lowest BCUT2D eigenvalue weighted by Crippen LogP contribution is -2.33. The lowest BCUT2D eigenvalue weighted by molar-refractivity contribution is -0.122. The van der Waals surface area contributed by atoms with Crippen molar-refractivity contribution >= 4 is 40.3 Å². The number of thiocarbonyl (C=S) groups is 1. The van der Waals surface area contributed by atoms with Crippen LogP contribution in [0.1, 0.15) is 45.1 Å². The fourth-order valence-electron chi connectivity index (χ4n) is 3.91. The van der Waals surface area contributed by atoms with Gasteiger partial charge in [0.1, 0.15) is 10.0 Å². The van der Waals surface area contributed by atoms with Gasteiger partial charge in [0.05, 0.1) is 10.6 Å². The van der Waals surface area contributed by atoms with E-state index in [-0.39, 0.29) is 5.91 Å². The van der Waals surface area contributed by atoms with E-state index in [0.717, 1.165) is 41.8 Å². The third kappa shape index (κ3) is 5.42. The molecule has 33 heavy (non-hydrogen) atoms. The molecule has 2 aromatic heterocycles. The Kier molecular flexibility index (Phi) is 7.73. The summed E-state index contributed by atoms with van der Waals surface area (Å²) in [4.78, 5) is 19.8. The molecule has 170 valence electrons. The van der Waals surface area contributed by atoms with Crippen molar-refractivity contribution in [2.75, 3.05) is 6.54 Å². The molecule has 0 radical (unpaired) electrons. The van der Waals surface area contributed by atoms with Crippen molar-refractivity contribution in [2.45, 2.75) is 39.5 Å². The highest BCUT2D eigenvalue weighted by Crippen LogP contribution is 2.35. The zero-order valence-electron chi connectivity index (χ0n) is 19.0. The molecule has 1 atom stereocenters. The highest BCUT2D eigenvalue weighted by molar-refractivity contribution is 8.26. The number of hydrogen-bond donors (Lipinski definition) is 0. The smallest absolute Gasteiger partial charge is 0.266 e. The van der Waals surface area contributed by atoms with Crippen LogP contribution in [0.25, 0.3) is 23.0 Å². The van der Waals surface area contributed by atoms with E-state index < -0.39 is 0 Å². The average molecular weight is 477 g/mol. The molecule has 1 unspecified atom stereocenters. The maximum absolute atomic E-state index is 13.3. The van der Waals surface area contributed by atoms with E-state index in [1.54, 1.807) is 17.3 Å². The first kappa shape index (κ1) is 23.4. The molecule has 4 rings (SSSR count). The highest BCUT2D eigenvalue weighted by Gasteiger charge is 2.33. The molecule has 0 aliphatic carbocycles. The van der Waals surface area contributed by atoms with Crippen molar-refractivity contribution in [1.29, 1.82) is 0 Å². The molecule has 5 nitrogen and oxygen atoms in total. The summed E-state index contributed by atoms with van der Waals surface area (Å²) in [6.45, 7) is 5.08. The van der Waals surface area contributed by atoms with Gasteiger partial charge >= 0.3 is 0 Å². The van der Waals surface area contributed by atoms with E-state index in [1.807, 2.05) is 59.4 Å². The second-order valence-electron chi connectivity index (χ2n) is 8.16. The van der Waals surface area contributed by atoms with Gasteiger partial charge in [0.25, 0.3) is 5.91 Å². The van der Waals surface area contributed by atoms with Gasteiger partial charge in [-0.3, -0.25) is 14.7 Å². The van der Waals surface area contributed by atoms with Crippen LogP contribution in [0, 0.1) is 5.92 Å². The first-order valence-electron chi connectivity index (χ1n) is 11.4. The maximum atomic E-state index is 13.3. The SMILES string of the molecule is CCCCC(CC)CN1C(=O)C(=Cc2cn(-c3ccccc3)nc2-c2ccncc2)SC1=S. The average Bonchev–Trinajstić information content (AvgIpc) is 3.39. The lowest BCUT2D eigenvalue weighted by atomic mass is 9.99. The molecule has 1 amide bonds. The number of unbranched alkanes of at least 4 members (excludes halogenated alkanes) is 1. The number of nitrogens with zero attached hydrogens (tertiary/aromatic N) is 4. The zero-order chi connectivity index (χ0) is 23.2. The number of thioether (sulfide) groups is 1. The molecule has 1 fully saturated rings. The molecule has 3 aromatic rings. The normalized spacial score (nSPS) is 16.1. The van der Waals surface area contributed by atoms with Crippen LogP contribution in [-0.2, 0) is 4.79 Å². The molecule has 0 spiro atoms. The minimum Gasteiger partial charge on any atom is -0.293 e. The minimum atomic E-state index is -0.00640. The van der Waals surface area contributed by atoms with Crippen LogP contribution >= 0.6 is 24.0 Å². The summed E-state index contributed by atoms with van der Waals surface area (Å²) in [5.41, 5.74) is 3.60. The van der Waals surface area contributed by atoms with Crippen LogP contribution in [0.5, 0.6) is 0 Å². The second-order valence-corrected chi connectivity index (χ2v) is 9.83. The number of rotatable bonds is 9. The van der Waals surface area contributed by atoms with Crippen molar-refractivity contribution in [3.63, 3.8) is 0 Å². The van der Waals surface area contributed by atoms with E-state index in [9.17, 15) is 4.79 Å². The molecular weight excluding hydrogens is 448 g/mol. The third-order valence-corrected chi connectivity index (χ3v) is 7.24. The Morgan fingerprint density at radius 3 is 2.58 bits per heavy atom. The largest absolute Gasteiger partial charge is 0.293 e. The molecule has 3 heterocycles. The monoisotopic (exact) mass is 476 g/mol. The first-order chi connectivity index (χ1) is 16.1.